The highest BCUT2D eigenvalue weighted by Crippen LogP contribution is 2.27. The molecule has 0 aliphatic heterocycles. The van der Waals surface area contributed by atoms with Crippen LogP contribution in [-0.2, 0) is 19.4 Å². The maximum atomic E-state index is 5.97. The van der Waals surface area contributed by atoms with Crippen molar-refractivity contribution in [2.75, 3.05) is 0 Å². The van der Waals surface area contributed by atoms with Gasteiger partial charge in [0.25, 0.3) is 5.89 Å². The normalized spacial score (nSPS) is 13.1. The maximum absolute atomic E-state index is 5.97. The average molecular weight is 327 g/mol. The van der Waals surface area contributed by atoms with Crippen molar-refractivity contribution in [3.63, 3.8) is 0 Å². The lowest BCUT2D eigenvalue weighted by molar-refractivity contribution is 0.264. The summed E-state index contributed by atoms with van der Waals surface area (Å²) < 4.78 is 11.4. The first kappa shape index (κ1) is 14.3. The van der Waals surface area contributed by atoms with E-state index in [1.807, 2.05) is 18.2 Å². The Hall–Kier alpha value is -2.33. The predicted molar refractivity (Wildman–Crippen MR) is 87.5 cm³/mol. The summed E-state index contributed by atoms with van der Waals surface area (Å²) in [5, 5.41) is 8.70. The summed E-state index contributed by atoms with van der Waals surface area (Å²) >= 11 is 5.97. The minimum atomic E-state index is 0.256. The van der Waals surface area contributed by atoms with Crippen LogP contribution in [0.15, 0.2) is 46.9 Å². The molecule has 4 nitrogen and oxygen atoms in total. The van der Waals surface area contributed by atoms with Gasteiger partial charge in [-0.1, -0.05) is 23.7 Å². The first-order valence-corrected chi connectivity index (χ1v) is 7.99. The summed E-state index contributed by atoms with van der Waals surface area (Å²) in [6.45, 7) is 0.256. The average Bonchev–Trinajstić information content (AvgIpc) is 3.21. The van der Waals surface area contributed by atoms with Gasteiger partial charge in [-0.3, -0.25) is 0 Å². The van der Waals surface area contributed by atoms with Crippen LogP contribution in [0.2, 0.25) is 5.02 Å². The van der Waals surface area contributed by atoms with E-state index in [9.17, 15) is 0 Å². The van der Waals surface area contributed by atoms with Gasteiger partial charge in [-0.15, -0.1) is 10.2 Å². The van der Waals surface area contributed by atoms with Crippen LogP contribution in [0.3, 0.4) is 0 Å². The Labute approximate surface area is 139 Å². The lowest BCUT2D eigenvalue weighted by Gasteiger charge is -2.05. The van der Waals surface area contributed by atoms with E-state index >= 15 is 0 Å². The SMILES string of the molecule is Clc1cccc(-c2nnc(COc3ccc4c(c3)CCC4)o2)c1. The summed E-state index contributed by atoms with van der Waals surface area (Å²) in [6, 6.07) is 13.6. The second-order valence-electron chi connectivity index (χ2n) is 5.58. The van der Waals surface area contributed by atoms with Crippen LogP contribution < -0.4 is 4.74 Å². The fraction of sp³-hybridized carbons (Fsp3) is 0.222. The van der Waals surface area contributed by atoms with E-state index in [0.717, 1.165) is 17.7 Å². The van der Waals surface area contributed by atoms with E-state index in [0.29, 0.717) is 16.8 Å². The molecule has 0 amide bonds. The number of benzene rings is 2. The van der Waals surface area contributed by atoms with Gasteiger partial charge in [-0.05, 0) is 60.7 Å². The van der Waals surface area contributed by atoms with Gasteiger partial charge in [0, 0.05) is 10.6 Å². The number of aryl methyl sites for hydroxylation is 2. The summed E-state index contributed by atoms with van der Waals surface area (Å²) in [5.41, 5.74) is 3.61. The number of fused-ring (bicyclic) bond motifs is 1. The lowest BCUT2D eigenvalue weighted by Crippen LogP contribution is -1.96. The molecule has 23 heavy (non-hydrogen) atoms. The van der Waals surface area contributed by atoms with E-state index in [1.165, 1.54) is 24.0 Å². The largest absolute Gasteiger partial charge is 0.484 e. The lowest BCUT2D eigenvalue weighted by atomic mass is 10.1. The minimum absolute atomic E-state index is 0.256. The van der Waals surface area contributed by atoms with Gasteiger partial charge in [0.15, 0.2) is 6.61 Å². The van der Waals surface area contributed by atoms with Gasteiger partial charge in [0.1, 0.15) is 5.75 Å². The number of ether oxygens (including phenoxy) is 1. The van der Waals surface area contributed by atoms with Crippen molar-refractivity contribution in [2.24, 2.45) is 0 Å². The molecule has 4 rings (SSSR count). The number of nitrogens with zero attached hydrogens (tertiary/aromatic N) is 2. The quantitative estimate of drug-likeness (QED) is 0.710. The molecule has 0 radical (unpaired) electrons. The van der Waals surface area contributed by atoms with Crippen LogP contribution in [0.1, 0.15) is 23.4 Å². The van der Waals surface area contributed by atoms with Gasteiger partial charge in [-0.2, -0.15) is 0 Å². The number of rotatable bonds is 4. The smallest absolute Gasteiger partial charge is 0.254 e. The first-order valence-electron chi connectivity index (χ1n) is 7.61. The van der Waals surface area contributed by atoms with Crippen molar-refractivity contribution in [1.82, 2.24) is 10.2 Å². The Bertz CT molecular complexity index is 845. The minimum Gasteiger partial charge on any atom is -0.484 e. The van der Waals surface area contributed by atoms with E-state index in [-0.39, 0.29) is 6.61 Å². The molecule has 0 atom stereocenters. The van der Waals surface area contributed by atoms with Crippen molar-refractivity contribution >= 4 is 11.6 Å². The molecule has 116 valence electrons. The zero-order valence-corrected chi connectivity index (χ0v) is 13.2. The molecule has 1 aromatic heterocycles. The third-order valence-corrected chi connectivity index (χ3v) is 4.21. The Morgan fingerprint density at radius 1 is 1.04 bits per heavy atom. The van der Waals surface area contributed by atoms with E-state index in [4.69, 9.17) is 20.8 Å². The molecule has 0 saturated heterocycles. The summed E-state index contributed by atoms with van der Waals surface area (Å²) in [6.07, 6.45) is 3.53. The van der Waals surface area contributed by atoms with Crippen molar-refractivity contribution < 1.29 is 9.15 Å². The summed E-state index contributed by atoms with van der Waals surface area (Å²) in [7, 11) is 0. The number of aromatic nitrogens is 2. The molecule has 1 aliphatic carbocycles. The molecule has 0 fully saturated rings. The van der Waals surface area contributed by atoms with Crippen molar-refractivity contribution in [2.45, 2.75) is 25.9 Å². The Morgan fingerprint density at radius 3 is 2.87 bits per heavy atom. The summed E-state index contributed by atoms with van der Waals surface area (Å²) in [5.74, 6) is 1.73. The molecular weight excluding hydrogens is 312 g/mol. The second kappa shape index (κ2) is 6.05. The predicted octanol–water partition coefficient (Wildman–Crippen LogP) is 4.46. The maximum Gasteiger partial charge on any atom is 0.254 e. The zero-order chi connectivity index (χ0) is 15.6. The molecule has 0 unspecified atom stereocenters. The second-order valence-corrected chi connectivity index (χ2v) is 6.02. The molecule has 0 bridgehead atoms. The van der Waals surface area contributed by atoms with Crippen LogP contribution in [-0.4, -0.2) is 10.2 Å². The van der Waals surface area contributed by atoms with Crippen LogP contribution in [0.25, 0.3) is 11.5 Å². The van der Waals surface area contributed by atoms with Crippen molar-refractivity contribution in [3.8, 4) is 17.2 Å². The van der Waals surface area contributed by atoms with Crippen molar-refractivity contribution in [1.29, 1.82) is 0 Å². The Morgan fingerprint density at radius 2 is 1.96 bits per heavy atom. The Balaban J connectivity index is 1.46. The van der Waals surface area contributed by atoms with Crippen LogP contribution in [0, 0.1) is 0 Å². The third kappa shape index (κ3) is 3.08. The van der Waals surface area contributed by atoms with E-state index < -0.39 is 0 Å². The fourth-order valence-corrected chi connectivity index (χ4v) is 3.02. The molecular formula is C18H15ClN2O2. The van der Waals surface area contributed by atoms with Gasteiger partial charge >= 0.3 is 0 Å². The molecule has 0 spiro atoms. The zero-order valence-electron chi connectivity index (χ0n) is 12.5. The van der Waals surface area contributed by atoms with Crippen LogP contribution in [0.5, 0.6) is 5.75 Å². The standard InChI is InChI=1S/C18H15ClN2O2/c19-15-6-2-5-14(9-15)18-21-20-17(23-18)11-22-16-8-7-12-3-1-4-13(12)10-16/h2,5-10H,1,3-4,11H2. The number of hydrogen-bond donors (Lipinski definition) is 0. The molecule has 0 N–H and O–H groups in total. The summed E-state index contributed by atoms with van der Waals surface area (Å²) in [4.78, 5) is 0. The van der Waals surface area contributed by atoms with E-state index in [1.54, 1.807) is 12.1 Å². The fourth-order valence-electron chi connectivity index (χ4n) is 2.83. The Kier molecular flexibility index (Phi) is 3.75. The first-order chi connectivity index (χ1) is 11.3. The van der Waals surface area contributed by atoms with Crippen LogP contribution >= 0.6 is 11.6 Å². The highest BCUT2D eigenvalue weighted by molar-refractivity contribution is 6.30. The topological polar surface area (TPSA) is 48.2 Å². The molecule has 0 saturated carbocycles. The molecule has 2 aromatic carbocycles. The van der Waals surface area contributed by atoms with E-state index in [2.05, 4.69) is 22.3 Å². The molecule has 3 aromatic rings. The van der Waals surface area contributed by atoms with Gasteiger partial charge in [-0.25, -0.2) is 0 Å². The third-order valence-electron chi connectivity index (χ3n) is 3.97. The van der Waals surface area contributed by atoms with Crippen molar-refractivity contribution in [3.05, 3.63) is 64.5 Å². The monoisotopic (exact) mass is 326 g/mol. The number of hydrogen-bond acceptors (Lipinski definition) is 4. The highest BCUT2D eigenvalue weighted by atomic mass is 35.5. The van der Waals surface area contributed by atoms with Gasteiger partial charge in [0.2, 0.25) is 5.89 Å². The number of halogens is 1. The molecule has 1 heterocycles. The van der Waals surface area contributed by atoms with Crippen LogP contribution in [0.4, 0.5) is 0 Å². The molecule has 1 aliphatic rings. The van der Waals surface area contributed by atoms with Gasteiger partial charge < -0.3 is 9.15 Å². The van der Waals surface area contributed by atoms with Gasteiger partial charge in [0.05, 0.1) is 0 Å². The highest BCUT2D eigenvalue weighted by Gasteiger charge is 2.13. The molecule has 5 heteroatoms.